The number of nitrogens with one attached hydrogen (secondary N) is 1. The Bertz CT molecular complexity index is 339. The lowest BCUT2D eigenvalue weighted by molar-refractivity contribution is 0.392. The van der Waals surface area contributed by atoms with Crippen molar-refractivity contribution in [1.29, 1.82) is 0 Å². The molecule has 0 fully saturated rings. The monoisotopic (exact) mass is 254 g/mol. The first kappa shape index (κ1) is 14.3. The van der Waals surface area contributed by atoms with E-state index in [-0.39, 0.29) is 6.04 Å². The molecule has 17 heavy (non-hydrogen) atoms. The fraction of sp³-hybridized carbons (Fsp3) is 0.571. The van der Waals surface area contributed by atoms with Crippen molar-refractivity contribution >= 4 is 17.3 Å². The van der Waals surface area contributed by atoms with E-state index in [0.29, 0.717) is 18.4 Å². The Kier molecular flexibility index (Phi) is 5.79. The van der Waals surface area contributed by atoms with E-state index >= 15 is 0 Å². The Labute approximate surface area is 110 Å². The van der Waals surface area contributed by atoms with Crippen molar-refractivity contribution in [3.05, 3.63) is 29.3 Å². The van der Waals surface area contributed by atoms with Crippen LogP contribution in [0.15, 0.2) is 24.3 Å². The maximum Gasteiger partial charge on any atom is 0.0637 e. The number of hydrogen-bond donors (Lipinski definition) is 2. The number of hydrogen-bond acceptors (Lipinski definition) is 2. The van der Waals surface area contributed by atoms with Crippen molar-refractivity contribution in [1.82, 2.24) is 0 Å². The second-order valence-electron chi connectivity index (χ2n) is 5.07. The molecule has 0 aliphatic rings. The first-order valence-electron chi connectivity index (χ1n) is 6.25. The summed E-state index contributed by atoms with van der Waals surface area (Å²) in [6.45, 7) is 7.33. The van der Waals surface area contributed by atoms with E-state index in [9.17, 15) is 0 Å². The van der Waals surface area contributed by atoms with Gasteiger partial charge in [-0.1, -0.05) is 44.5 Å². The van der Waals surface area contributed by atoms with Gasteiger partial charge >= 0.3 is 0 Å². The van der Waals surface area contributed by atoms with Gasteiger partial charge in [0.1, 0.15) is 0 Å². The van der Waals surface area contributed by atoms with Crippen LogP contribution in [0.3, 0.4) is 0 Å². The molecule has 96 valence electrons. The summed E-state index contributed by atoms with van der Waals surface area (Å²) in [5.74, 6) is 1.23. The van der Waals surface area contributed by atoms with Gasteiger partial charge < -0.3 is 11.1 Å². The molecule has 2 nitrogen and oxygen atoms in total. The summed E-state index contributed by atoms with van der Waals surface area (Å²) in [4.78, 5) is 0. The van der Waals surface area contributed by atoms with Crippen molar-refractivity contribution in [2.24, 2.45) is 17.6 Å². The molecule has 2 unspecified atom stereocenters. The predicted octanol–water partition coefficient (Wildman–Crippen LogP) is 3.76. The number of halogens is 1. The fourth-order valence-corrected chi connectivity index (χ4v) is 2.31. The van der Waals surface area contributed by atoms with Crippen LogP contribution < -0.4 is 11.1 Å². The molecule has 3 heteroatoms. The molecular formula is C14H23ClN2. The molecule has 2 atom stereocenters. The van der Waals surface area contributed by atoms with Gasteiger partial charge in [-0.3, -0.25) is 0 Å². The van der Waals surface area contributed by atoms with Crippen LogP contribution >= 0.6 is 11.6 Å². The quantitative estimate of drug-likeness (QED) is 0.811. The lowest BCUT2D eigenvalue weighted by Gasteiger charge is -2.26. The minimum Gasteiger partial charge on any atom is -0.380 e. The van der Waals surface area contributed by atoms with Gasteiger partial charge in [-0.15, -0.1) is 0 Å². The van der Waals surface area contributed by atoms with Crippen molar-refractivity contribution in [2.45, 2.75) is 33.2 Å². The van der Waals surface area contributed by atoms with Crippen LogP contribution in [0.1, 0.15) is 27.2 Å². The van der Waals surface area contributed by atoms with Gasteiger partial charge in [0.25, 0.3) is 0 Å². The first-order valence-corrected chi connectivity index (χ1v) is 6.63. The zero-order chi connectivity index (χ0) is 12.8. The van der Waals surface area contributed by atoms with Gasteiger partial charge in [0.15, 0.2) is 0 Å². The van der Waals surface area contributed by atoms with Crippen LogP contribution in [0.25, 0.3) is 0 Å². The van der Waals surface area contributed by atoms with E-state index in [1.165, 1.54) is 6.42 Å². The number of para-hydroxylation sites is 1. The third kappa shape index (κ3) is 4.57. The van der Waals surface area contributed by atoms with Crippen LogP contribution in [0.4, 0.5) is 5.69 Å². The predicted molar refractivity (Wildman–Crippen MR) is 76.5 cm³/mol. The fourth-order valence-electron chi connectivity index (χ4n) is 2.12. The molecule has 1 aromatic carbocycles. The number of anilines is 1. The zero-order valence-corrected chi connectivity index (χ0v) is 11.7. The topological polar surface area (TPSA) is 38.0 Å². The second-order valence-corrected chi connectivity index (χ2v) is 5.48. The average molecular weight is 255 g/mol. The first-order chi connectivity index (χ1) is 8.04. The lowest BCUT2D eigenvalue weighted by atomic mass is 9.92. The SMILES string of the molecule is CC(C)CC(C)C(CN)Nc1ccccc1Cl. The molecule has 0 amide bonds. The summed E-state index contributed by atoms with van der Waals surface area (Å²) >= 11 is 6.13. The van der Waals surface area contributed by atoms with E-state index in [4.69, 9.17) is 17.3 Å². The van der Waals surface area contributed by atoms with Gasteiger partial charge in [-0.05, 0) is 30.4 Å². The molecule has 0 saturated carbocycles. The molecule has 0 spiro atoms. The van der Waals surface area contributed by atoms with Crippen LogP contribution in [-0.2, 0) is 0 Å². The smallest absolute Gasteiger partial charge is 0.0637 e. The summed E-state index contributed by atoms with van der Waals surface area (Å²) in [5.41, 5.74) is 6.81. The highest BCUT2D eigenvalue weighted by Crippen LogP contribution is 2.24. The van der Waals surface area contributed by atoms with Crippen molar-refractivity contribution in [2.75, 3.05) is 11.9 Å². The molecule has 0 aromatic heterocycles. The molecule has 0 heterocycles. The minimum atomic E-state index is 0.275. The highest BCUT2D eigenvalue weighted by atomic mass is 35.5. The highest BCUT2D eigenvalue weighted by Gasteiger charge is 2.17. The Morgan fingerprint density at radius 3 is 2.41 bits per heavy atom. The number of rotatable bonds is 6. The lowest BCUT2D eigenvalue weighted by Crippen LogP contribution is -2.35. The van der Waals surface area contributed by atoms with Crippen LogP contribution in [0.5, 0.6) is 0 Å². The molecule has 0 aliphatic heterocycles. The summed E-state index contributed by atoms with van der Waals surface area (Å²) in [7, 11) is 0. The van der Waals surface area contributed by atoms with E-state index in [1.54, 1.807) is 0 Å². The van der Waals surface area contributed by atoms with E-state index in [2.05, 4.69) is 26.1 Å². The third-order valence-corrected chi connectivity index (χ3v) is 3.33. The Morgan fingerprint density at radius 1 is 1.24 bits per heavy atom. The molecule has 3 N–H and O–H groups in total. The number of benzene rings is 1. The van der Waals surface area contributed by atoms with Gasteiger partial charge in [0.2, 0.25) is 0 Å². The molecular weight excluding hydrogens is 232 g/mol. The maximum absolute atomic E-state index is 6.13. The molecule has 0 bridgehead atoms. The van der Waals surface area contributed by atoms with Gasteiger partial charge in [0, 0.05) is 12.6 Å². The maximum atomic E-state index is 6.13. The standard InChI is InChI=1S/C14H23ClN2/c1-10(2)8-11(3)14(9-16)17-13-7-5-4-6-12(13)15/h4-7,10-11,14,17H,8-9,16H2,1-3H3. The average Bonchev–Trinajstić information content (AvgIpc) is 2.27. The largest absolute Gasteiger partial charge is 0.380 e. The molecule has 0 radical (unpaired) electrons. The van der Waals surface area contributed by atoms with Crippen LogP contribution in [-0.4, -0.2) is 12.6 Å². The molecule has 1 rings (SSSR count). The molecule has 0 aliphatic carbocycles. The summed E-state index contributed by atoms with van der Waals surface area (Å²) in [5, 5.41) is 4.20. The van der Waals surface area contributed by atoms with Gasteiger partial charge in [-0.2, -0.15) is 0 Å². The van der Waals surface area contributed by atoms with Crippen molar-refractivity contribution < 1.29 is 0 Å². The molecule has 1 aromatic rings. The normalized spacial score (nSPS) is 14.7. The van der Waals surface area contributed by atoms with Crippen molar-refractivity contribution in [3.63, 3.8) is 0 Å². The van der Waals surface area contributed by atoms with E-state index in [0.717, 1.165) is 10.7 Å². The van der Waals surface area contributed by atoms with E-state index in [1.807, 2.05) is 24.3 Å². The van der Waals surface area contributed by atoms with Crippen LogP contribution in [0.2, 0.25) is 5.02 Å². The second kappa shape index (κ2) is 6.87. The Hall–Kier alpha value is -0.730. The highest BCUT2D eigenvalue weighted by molar-refractivity contribution is 6.33. The van der Waals surface area contributed by atoms with Gasteiger partial charge in [-0.25, -0.2) is 0 Å². The third-order valence-electron chi connectivity index (χ3n) is 3.00. The minimum absolute atomic E-state index is 0.275. The summed E-state index contributed by atoms with van der Waals surface area (Å²) < 4.78 is 0. The van der Waals surface area contributed by atoms with Crippen LogP contribution in [0, 0.1) is 11.8 Å². The van der Waals surface area contributed by atoms with E-state index < -0.39 is 0 Å². The molecule has 0 saturated heterocycles. The summed E-state index contributed by atoms with van der Waals surface area (Å²) in [6.07, 6.45) is 1.17. The summed E-state index contributed by atoms with van der Waals surface area (Å²) in [6, 6.07) is 8.08. The Morgan fingerprint density at radius 2 is 1.88 bits per heavy atom. The van der Waals surface area contributed by atoms with Gasteiger partial charge in [0.05, 0.1) is 10.7 Å². The Balaban J connectivity index is 2.66. The zero-order valence-electron chi connectivity index (χ0n) is 10.9. The van der Waals surface area contributed by atoms with Crippen molar-refractivity contribution in [3.8, 4) is 0 Å². The number of nitrogens with two attached hydrogens (primary N) is 1.